The van der Waals surface area contributed by atoms with E-state index >= 15 is 0 Å². The highest BCUT2D eigenvalue weighted by molar-refractivity contribution is 7.18. The summed E-state index contributed by atoms with van der Waals surface area (Å²) in [6, 6.07) is 8.32. The van der Waals surface area contributed by atoms with Crippen LogP contribution in [0.5, 0.6) is 5.75 Å². The van der Waals surface area contributed by atoms with Crippen molar-refractivity contribution in [3.8, 4) is 5.75 Å². The fraction of sp³-hybridized carbons (Fsp3) is 0.333. The molecule has 3 N–H and O–H groups in total. The zero-order valence-corrected chi connectivity index (χ0v) is 22.1. The highest BCUT2D eigenvalue weighted by Gasteiger charge is 2.14. The molecule has 3 rings (SSSR count). The van der Waals surface area contributed by atoms with Crippen molar-refractivity contribution >= 4 is 62.7 Å². The summed E-state index contributed by atoms with van der Waals surface area (Å²) in [6.07, 6.45) is 4.18. The summed E-state index contributed by atoms with van der Waals surface area (Å²) in [5.74, 6) is -0.100. The number of nitrogens with one attached hydrogen (secondary N) is 3. The maximum absolute atomic E-state index is 12.7. The first-order valence-electron chi connectivity index (χ1n) is 11.3. The fourth-order valence-electron chi connectivity index (χ4n) is 3.08. The Balaban J connectivity index is 1.39. The van der Waals surface area contributed by atoms with E-state index in [2.05, 4.69) is 20.9 Å². The third kappa shape index (κ3) is 8.90. The number of methoxy groups -OCH3 is 1. The minimum atomic E-state index is -0.334. The summed E-state index contributed by atoms with van der Waals surface area (Å²) in [5, 5.41) is 9.52. The van der Waals surface area contributed by atoms with E-state index in [-0.39, 0.29) is 17.7 Å². The Bertz CT molecular complexity index is 1150. The number of unbranched alkanes of at least 4 members (excludes halogenated alkanes) is 2. The minimum Gasteiger partial charge on any atom is -0.489 e. The van der Waals surface area contributed by atoms with E-state index in [1.165, 1.54) is 28.9 Å². The molecule has 0 unspecified atom stereocenters. The average molecular weight is 551 g/mol. The second-order valence-corrected chi connectivity index (χ2v) is 9.99. The molecule has 0 atom stereocenters. The van der Waals surface area contributed by atoms with Gasteiger partial charge in [0.1, 0.15) is 17.2 Å². The Hall–Kier alpha value is -2.99. The van der Waals surface area contributed by atoms with Crippen LogP contribution in [0.15, 0.2) is 42.0 Å². The Morgan fingerprint density at radius 3 is 2.64 bits per heavy atom. The van der Waals surface area contributed by atoms with Crippen LogP contribution in [0.3, 0.4) is 0 Å². The van der Waals surface area contributed by atoms with Gasteiger partial charge < -0.3 is 25.4 Å². The molecule has 2 aromatic heterocycles. The third-order valence-corrected chi connectivity index (χ3v) is 6.86. The highest BCUT2D eigenvalue weighted by Crippen LogP contribution is 2.30. The lowest BCUT2D eigenvalue weighted by molar-refractivity contribution is -0.116. The summed E-state index contributed by atoms with van der Waals surface area (Å²) in [5.41, 5.74) is 2.07. The van der Waals surface area contributed by atoms with Crippen LogP contribution in [0, 0.1) is 0 Å². The smallest absolute Gasteiger partial charge is 0.265 e. The van der Waals surface area contributed by atoms with Crippen LogP contribution >= 0.6 is 34.3 Å². The van der Waals surface area contributed by atoms with Gasteiger partial charge in [-0.3, -0.25) is 19.4 Å². The fourth-order valence-corrected chi connectivity index (χ4v) is 4.60. The van der Waals surface area contributed by atoms with Gasteiger partial charge in [-0.15, -0.1) is 22.7 Å². The molecule has 0 radical (unpaired) electrons. The first-order chi connectivity index (χ1) is 17.5. The molecule has 0 saturated carbocycles. The number of benzene rings is 1. The predicted molar refractivity (Wildman–Crippen MR) is 143 cm³/mol. The summed E-state index contributed by atoms with van der Waals surface area (Å²) < 4.78 is 10.6. The van der Waals surface area contributed by atoms with E-state index in [0.717, 1.165) is 12.8 Å². The number of carbonyl (C=O) groups excluding carboxylic acids is 3. The summed E-state index contributed by atoms with van der Waals surface area (Å²) in [7, 11) is 1.58. The molecular weight excluding hydrogens is 524 g/mol. The van der Waals surface area contributed by atoms with Gasteiger partial charge in [0.15, 0.2) is 0 Å². The number of hydrogen-bond acceptors (Lipinski definition) is 8. The van der Waals surface area contributed by atoms with E-state index in [1.807, 2.05) is 0 Å². The zero-order valence-electron chi connectivity index (χ0n) is 19.7. The molecule has 192 valence electrons. The molecule has 0 saturated heterocycles. The number of amides is 3. The van der Waals surface area contributed by atoms with Crippen molar-refractivity contribution in [2.45, 2.75) is 25.7 Å². The molecule has 12 heteroatoms. The van der Waals surface area contributed by atoms with E-state index < -0.39 is 0 Å². The van der Waals surface area contributed by atoms with E-state index in [1.54, 1.807) is 43.0 Å². The van der Waals surface area contributed by atoms with Crippen LogP contribution < -0.4 is 20.7 Å². The number of ether oxygens (including phenoxy) is 2. The molecule has 9 nitrogen and oxygen atoms in total. The number of thiazole rings is 1. The lowest BCUT2D eigenvalue weighted by Crippen LogP contribution is -2.23. The van der Waals surface area contributed by atoms with Crippen LogP contribution in [-0.2, 0) is 9.53 Å². The second-order valence-electron chi connectivity index (χ2n) is 7.58. The van der Waals surface area contributed by atoms with Gasteiger partial charge >= 0.3 is 0 Å². The van der Waals surface area contributed by atoms with Crippen molar-refractivity contribution in [2.24, 2.45) is 0 Å². The number of carbonyl (C=O) groups is 3. The predicted octanol–water partition coefficient (Wildman–Crippen LogP) is 5.06. The number of anilines is 2. The number of aromatic nitrogens is 1. The molecule has 3 aromatic rings. The van der Waals surface area contributed by atoms with Crippen LogP contribution in [0.2, 0.25) is 5.02 Å². The van der Waals surface area contributed by atoms with Crippen molar-refractivity contribution in [1.82, 2.24) is 10.3 Å². The third-order valence-electron chi connectivity index (χ3n) is 4.85. The Kier molecular flexibility index (Phi) is 11.1. The summed E-state index contributed by atoms with van der Waals surface area (Å²) >= 11 is 8.55. The largest absolute Gasteiger partial charge is 0.489 e. The second kappa shape index (κ2) is 14.5. The van der Waals surface area contributed by atoms with Gasteiger partial charge in [-0.25, -0.2) is 0 Å². The zero-order chi connectivity index (χ0) is 25.8. The number of halogens is 1. The van der Waals surface area contributed by atoms with E-state index in [0.29, 0.717) is 63.8 Å². The van der Waals surface area contributed by atoms with Crippen LogP contribution in [0.1, 0.15) is 45.0 Å². The van der Waals surface area contributed by atoms with Crippen molar-refractivity contribution < 1.29 is 23.9 Å². The van der Waals surface area contributed by atoms with Gasteiger partial charge in [0.2, 0.25) is 5.91 Å². The standard InChI is InChI=1S/C24H27ClN4O5S2/c1-33-11-12-34-18-7-6-16(25)13-17(18)28-24(32)19-8-9-22(36-19)29-21(30)5-3-2-4-10-27-23(31)20-14-26-15-35-20/h6-9,13-15H,2-5,10-12H2,1H3,(H,27,31)(H,28,32)(H,29,30). The monoisotopic (exact) mass is 550 g/mol. The highest BCUT2D eigenvalue weighted by atomic mass is 35.5. The van der Waals surface area contributed by atoms with Crippen molar-refractivity contribution in [3.05, 3.63) is 56.8 Å². The normalized spacial score (nSPS) is 10.6. The molecule has 1 aromatic carbocycles. The van der Waals surface area contributed by atoms with Gasteiger partial charge in [-0.1, -0.05) is 18.0 Å². The Labute approximate surface area is 222 Å². The molecule has 0 fully saturated rings. The molecule has 0 aliphatic rings. The first kappa shape index (κ1) is 27.6. The quantitative estimate of drug-likeness (QED) is 0.241. The molecule has 0 spiro atoms. The van der Waals surface area contributed by atoms with Crippen LogP contribution in [0.25, 0.3) is 0 Å². The maximum Gasteiger partial charge on any atom is 0.265 e. The van der Waals surface area contributed by atoms with Crippen molar-refractivity contribution in [1.29, 1.82) is 0 Å². The summed E-state index contributed by atoms with van der Waals surface area (Å²) in [4.78, 5) is 41.7. The molecular formula is C24H27ClN4O5S2. The maximum atomic E-state index is 12.7. The van der Waals surface area contributed by atoms with E-state index in [4.69, 9.17) is 21.1 Å². The molecule has 0 aliphatic heterocycles. The van der Waals surface area contributed by atoms with Gasteiger partial charge in [0.05, 0.1) is 33.9 Å². The van der Waals surface area contributed by atoms with Crippen LogP contribution in [-0.4, -0.2) is 49.6 Å². The lowest BCUT2D eigenvalue weighted by Gasteiger charge is -2.12. The average Bonchev–Trinajstić information content (AvgIpc) is 3.55. The Morgan fingerprint density at radius 2 is 1.86 bits per heavy atom. The van der Waals surface area contributed by atoms with E-state index in [9.17, 15) is 14.4 Å². The van der Waals surface area contributed by atoms with Crippen molar-refractivity contribution in [3.63, 3.8) is 0 Å². The molecule has 0 aliphatic carbocycles. The lowest BCUT2D eigenvalue weighted by atomic mass is 10.2. The number of thiophene rings is 1. The molecule has 0 bridgehead atoms. The first-order valence-corrected chi connectivity index (χ1v) is 13.3. The number of nitrogens with zero attached hydrogens (tertiary/aromatic N) is 1. The summed E-state index contributed by atoms with van der Waals surface area (Å²) in [6.45, 7) is 1.29. The Morgan fingerprint density at radius 1 is 1.00 bits per heavy atom. The minimum absolute atomic E-state index is 0.124. The molecule has 2 heterocycles. The van der Waals surface area contributed by atoms with Crippen LogP contribution in [0.4, 0.5) is 10.7 Å². The number of hydrogen-bond donors (Lipinski definition) is 3. The van der Waals surface area contributed by atoms with Crippen molar-refractivity contribution in [2.75, 3.05) is 37.5 Å². The number of rotatable bonds is 14. The SMILES string of the molecule is COCCOc1ccc(Cl)cc1NC(=O)c1ccc(NC(=O)CCCCCNC(=O)c2cncs2)s1. The topological polar surface area (TPSA) is 119 Å². The molecule has 36 heavy (non-hydrogen) atoms. The van der Waals surface area contributed by atoms with Gasteiger partial charge in [-0.2, -0.15) is 0 Å². The van der Waals surface area contributed by atoms with Gasteiger partial charge in [-0.05, 0) is 43.2 Å². The molecule has 3 amide bonds. The van der Waals surface area contributed by atoms with Gasteiger partial charge in [0.25, 0.3) is 11.8 Å². The van der Waals surface area contributed by atoms with Gasteiger partial charge in [0, 0.05) is 25.1 Å².